The Morgan fingerprint density at radius 1 is 1.00 bits per heavy atom. The first kappa shape index (κ1) is 29.6. The zero-order chi connectivity index (χ0) is 29.5. The first-order valence-electron chi connectivity index (χ1n) is 15.4. The smallest absolute Gasteiger partial charge is 0.347 e. The zero-order valence-corrected chi connectivity index (χ0v) is 25.4. The predicted octanol–water partition coefficient (Wildman–Crippen LogP) is 7.50. The number of rotatable bonds is 13. The van der Waals surface area contributed by atoms with Crippen LogP contribution in [0.4, 0.5) is 0 Å². The van der Waals surface area contributed by atoms with Crippen LogP contribution in [0.3, 0.4) is 0 Å². The number of nitrogens with one attached hydrogen (secondary N) is 1. The van der Waals surface area contributed by atoms with Crippen molar-refractivity contribution in [3.05, 3.63) is 76.5 Å². The Morgan fingerprint density at radius 2 is 1.76 bits per heavy atom. The third-order valence-corrected chi connectivity index (χ3v) is 7.91. The molecule has 0 aliphatic carbocycles. The number of aromatic amines is 1. The van der Waals surface area contributed by atoms with E-state index in [-0.39, 0.29) is 18.1 Å². The number of pyridine rings is 1. The number of esters is 1. The van der Waals surface area contributed by atoms with Crippen molar-refractivity contribution in [1.29, 1.82) is 0 Å². The molecule has 0 radical (unpaired) electrons. The second-order valence-corrected chi connectivity index (χ2v) is 11.1. The largest absolute Gasteiger partial charge is 0.492 e. The third kappa shape index (κ3) is 6.46. The number of aromatic nitrogens is 2. The van der Waals surface area contributed by atoms with E-state index < -0.39 is 5.97 Å². The molecule has 222 valence electrons. The van der Waals surface area contributed by atoms with Crippen LogP contribution in [0.1, 0.15) is 79.2 Å². The first-order valence-corrected chi connectivity index (χ1v) is 15.4. The number of hydrogen-bond donors (Lipinski definition) is 1. The molecule has 7 nitrogen and oxygen atoms in total. The van der Waals surface area contributed by atoms with E-state index in [0.717, 1.165) is 73.1 Å². The summed E-state index contributed by atoms with van der Waals surface area (Å²) in [6, 6.07) is 16.2. The molecule has 2 aromatic carbocycles. The van der Waals surface area contributed by atoms with Crippen LogP contribution in [0, 0.1) is 0 Å². The molecule has 5 rings (SSSR count). The maximum atomic E-state index is 13.7. The number of unbranched alkanes of at least 4 members (excludes halogenated alkanes) is 2. The number of fused-ring (bicyclic) bond motifs is 3. The second kappa shape index (κ2) is 13.9. The standard InChI is InChI=1S/C35H43N3O4/c1-5-8-19-40-33-26(7-3)32(25-15-16-27-28-22-38(4)18-17-29(28)36-30(27)21-25)37-34(41-20-9-6-2)31(33)35(39)42-23-24-13-11-10-12-14-24/h10-16,21,36H,5-9,17-20,22-23H2,1-4H3. The summed E-state index contributed by atoms with van der Waals surface area (Å²) in [7, 11) is 2.17. The van der Waals surface area contributed by atoms with Crippen LogP contribution in [0.2, 0.25) is 0 Å². The number of carbonyl (C=O) groups excluding carboxylic acids is 1. The van der Waals surface area contributed by atoms with Gasteiger partial charge in [-0.1, -0.05) is 76.1 Å². The van der Waals surface area contributed by atoms with Gasteiger partial charge in [0.15, 0.2) is 5.56 Å². The summed E-state index contributed by atoms with van der Waals surface area (Å²) in [5.74, 6) is 0.308. The molecule has 0 spiro atoms. The lowest BCUT2D eigenvalue weighted by molar-refractivity contribution is 0.0461. The summed E-state index contributed by atoms with van der Waals surface area (Å²) in [5, 5.41) is 1.25. The number of benzene rings is 2. The highest BCUT2D eigenvalue weighted by molar-refractivity contribution is 5.97. The van der Waals surface area contributed by atoms with Crippen LogP contribution in [-0.2, 0) is 30.7 Å². The van der Waals surface area contributed by atoms with Crippen LogP contribution in [0.25, 0.3) is 22.2 Å². The van der Waals surface area contributed by atoms with E-state index in [9.17, 15) is 4.79 Å². The van der Waals surface area contributed by atoms with Crippen LogP contribution in [-0.4, -0.2) is 47.6 Å². The van der Waals surface area contributed by atoms with Crippen LogP contribution < -0.4 is 9.47 Å². The molecular weight excluding hydrogens is 526 g/mol. The molecule has 4 aromatic rings. The van der Waals surface area contributed by atoms with Crippen molar-refractivity contribution in [3.8, 4) is 22.9 Å². The van der Waals surface area contributed by atoms with Crippen molar-refractivity contribution in [2.24, 2.45) is 0 Å². The average molecular weight is 570 g/mol. The fraction of sp³-hybridized carbons (Fsp3) is 0.429. The van der Waals surface area contributed by atoms with Gasteiger partial charge in [0.25, 0.3) is 0 Å². The molecule has 2 aromatic heterocycles. The van der Waals surface area contributed by atoms with Gasteiger partial charge >= 0.3 is 5.97 Å². The minimum atomic E-state index is -0.484. The van der Waals surface area contributed by atoms with Gasteiger partial charge in [-0.2, -0.15) is 0 Å². The Morgan fingerprint density at radius 3 is 2.50 bits per heavy atom. The highest BCUT2D eigenvalue weighted by Crippen LogP contribution is 2.40. The molecule has 0 fully saturated rings. The van der Waals surface area contributed by atoms with E-state index in [4.69, 9.17) is 19.2 Å². The second-order valence-electron chi connectivity index (χ2n) is 11.1. The molecule has 0 bridgehead atoms. The predicted molar refractivity (Wildman–Crippen MR) is 167 cm³/mol. The molecule has 0 saturated carbocycles. The van der Waals surface area contributed by atoms with E-state index in [1.165, 1.54) is 16.6 Å². The van der Waals surface area contributed by atoms with Crippen molar-refractivity contribution in [2.45, 2.75) is 72.4 Å². The summed E-state index contributed by atoms with van der Waals surface area (Å²) in [6.45, 7) is 9.41. The van der Waals surface area contributed by atoms with Crippen LogP contribution in [0.15, 0.2) is 48.5 Å². The summed E-state index contributed by atoms with van der Waals surface area (Å²) >= 11 is 0. The van der Waals surface area contributed by atoms with E-state index in [1.807, 2.05) is 30.3 Å². The van der Waals surface area contributed by atoms with E-state index in [2.05, 4.69) is 55.9 Å². The van der Waals surface area contributed by atoms with Gasteiger partial charge in [-0.3, -0.25) is 0 Å². The van der Waals surface area contributed by atoms with E-state index >= 15 is 0 Å². The number of hydrogen-bond acceptors (Lipinski definition) is 6. The molecule has 0 saturated heterocycles. The monoisotopic (exact) mass is 569 g/mol. The summed E-state index contributed by atoms with van der Waals surface area (Å²) in [6.07, 6.45) is 5.33. The van der Waals surface area contributed by atoms with Crippen molar-refractivity contribution < 1.29 is 19.0 Å². The number of carbonyl (C=O) groups is 1. The van der Waals surface area contributed by atoms with Gasteiger partial charge in [-0.05, 0) is 43.5 Å². The molecule has 42 heavy (non-hydrogen) atoms. The van der Waals surface area contributed by atoms with Gasteiger partial charge in [-0.25, -0.2) is 9.78 Å². The number of H-pyrrole nitrogens is 1. The minimum Gasteiger partial charge on any atom is -0.492 e. The quantitative estimate of drug-likeness (QED) is 0.133. The van der Waals surface area contributed by atoms with Gasteiger partial charge in [0.05, 0.1) is 18.9 Å². The molecule has 0 unspecified atom stereocenters. The fourth-order valence-corrected chi connectivity index (χ4v) is 5.52. The Balaban J connectivity index is 1.60. The lowest BCUT2D eigenvalue weighted by Gasteiger charge is -2.22. The van der Waals surface area contributed by atoms with Crippen molar-refractivity contribution >= 4 is 16.9 Å². The molecule has 1 N–H and O–H groups in total. The maximum Gasteiger partial charge on any atom is 0.347 e. The maximum absolute atomic E-state index is 13.7. The number of likely N-dealkylation sites (N-methyl/N-ethyl adjacent to an activating group) is 1. The number of nitrogens with zero attached hydrogens (tertiary/aromatic N) is 2. The average Bonchev–Trinajstić information content (AvgIpc) is 3.37. The normalized spacial score (nSPS) is 13.2. The minimum absolute atomic E-state index is 0.162. The fourth-order valence-electron chi connectivity index (χ4n) is 5.52. The molecule has 1 aliphatic heterocycles. The van der Waals surface area contributed by atoms with Crippen molar-refractivity contribution in [2.75, 3.05) is 26.8 Å². The van der Waals surface area contributed by atoms with Gasteiger partial charge in [0.2, 0.25) is 5.88 Å². The lowest BCUT2D eigenvalue weighted by atomic mass is 9.98. The van der Waals surface area contributed by atoms with Crippen LogP contribution in [0.5, 0.6) is 11.6 Å². The highest BCUT2D eigenvalue weighted by Gasteiger charge is 2.29. The Hall–Kier alpha value is -3.84. The molecule has 0 atom stereocenters. The summed E-state index contributed by atoms with van der Waals surface area (Å²) in [5.41, 5.74) is 7.61. The summed E-state index contributed by atoms with van der Waals surface area (Å²) in [4.78, 5) is 24.8. The lowest BCUT2D eigenvalue weighted by Crippen LogP contribution is -2.25. The Bertz CT molecular complexity index is 1510. The van der Waals surface area contributed by atoms with Gasteiger partial charge < -0.3 is 24.1 Å². The Labute approximate surface area is 249 Å². The van der Waals surface area contributed by atoms with E-state index in [0.29, 0.717) is 25.4 Å². The van der Waals surface area contributed by atoms with Crippen molar-refractivity contribution in [3.63, 3.8) is 0 Å². The van der Waals surface area contributed by atoms with Gasteiger partial charge in [0.1, 0.15) is 12.4 Å². The topological polar surface area (TPSA) is 76.7 Å². The third-order valence-electron chi connectivity index (χ3n) is 7.91. The number of ether oxygens (including phenoxy) is 3. The molecule has 3 heterocycles. The van der Waals surface area contributed by atoms with Crippen LogP contribution >= 0.6 is 0 Å². The van der Waals surface area contributed by atoms with E-state index in [1.54, 1.807) is 0 Å². The molecule has 1 aliphatic rings. The highest BCUT2D eigenvalue weighted by atomic mass is 16.5. The zero-order valence-electron chi connectivity index (χ0n) is 25.4. The van der Waals surface area contributed by atoms with Gasteiger partial charge in [-0.15, -0.1) is 0 Å². The SMILES string of the molecule is CCCCOc1nc(-c2ccc3c4c([nH]c3c2)CCN(C)C4)c(CC)c(OCCCC)c1C(=O)OCc1ccccc1. The Kier molecular flexibility index (Phi) is 9.80. The molecule has 7 heteroatoms. The van der Waals surface area contributed by atoms with Crippen molar-refractivity contribution in [1.82, 2.24) is 14.9 Å². The van der Waals surface area contributed by atoms with Gasteiger partial charge in [0, 0.05) is 47.2 Å². The summed E-state index contributed by atoms with van der Waals surface area (Å²) < 4.78 is 18.5. The molecular formula is C35H43N3O4. The molecule has 0 amide bonds. The first-order chi connectivity index (χ1) is 20.5.